The zero-order chi connectivity index (χ0) is 17.4. The molecule has 1 fully saturated rings. The van der Waals surface area contributed by atoms with Crippen LogP contribution in [0.3, 0.4) is 0 Å². The van der Waals surface area contributed by atoms with Crippen molar-refractivity contribution in [2.24, 2.45) is 5.92 Å². The van der Waals surface area contributed by atoms with Crippen LogP contribution >= 0.6 is 0 Å². The van der Waals surface area contributed by atoms with Gasteiger partial charge in [0.2, 0.25) is 0 Å². The highest BCUT2D eigenvalue weighted by Crippen LogP contribution is 2.55. The lowest BCUT2D eigenvalue weighted by Crippen LogP contribution is -2.48. The van der Waals surface area contributed by atoms with Crippen LogP contribution in [0.2, 0.25) is 0 Å². The molecule has 0 amide bonds. The molecule has 5 heteroatoms. The minimum absolute atomic E-state index is 0.155. The summed E-state index contributed by atoms with van der Waals surface area (Å²) in [6, 6.07) is 5.01. The summed E-state index contributed by atoms with van der Waals surface area (Å²) in [5, 5.41) is 21.1. The largest absolute Gasteiger partial charge is 0.508 e. The van der Waals surface area contributed by atoms with E-state index in [9.17, 15) is 10.2 Å². The third kappa shape index (κ3) is 2.03. The van der Waals surface area contributed by atoms with Crippen LogP contribution in [0, 0.1) is 5.92 Å². The van der Waals surface area contributed by atoms with Crippen molar-refractivity contribution in [2.45, 2.75) is 37.3 Å². The zero-order valence-electron chi connectivity index (χ0n) is 14.1. The Morgan fingerprint density at radius 1 is 1.16 bits per heavy atom. The highest BCUT2D eigenvalue weighted by Gasteiger charge is 2.59. The van der Waals surface area contributed by atoms with Crippen molar-refractivity contribution in [1.82, 2.24) is 0 Å². The van der Waals surface area contributed by atoms with Gasteiger partial charge in [0.15, 0.2) is 0 Å². The summed E-state index contributed by atoms with van der Waals surface area (Å²) in [7, 11) is 0. The van der Waals surface area contributed by atoms with Gasteiger partial charge in [-0.3, -0.25) is 0 Å². The molecule has 0 unspecified atom stereocenters. The fraction of sp³-hybridized carbons (Fsp3) is 0.400. The van der Waals surface area contributed by atoms with E-state index < -0.39 is 11.7 Å². The average Bonchev–Trinajstić information content (AvgIpc) is 2.87. The molecule has 5 rings (SSSR count). The molecule has 5 nitrogen and oxygen atoms in total. The Morgan fingerprint density at radius 3 is 2.84 bits per heavy atom. The summed E-state index contributed by atoms with van der Waals surface area (Å²) in [5.41, 5.74) is 0.193. The molecule has 3 heterocycles. The van der Waals surface area contributed by atoms with E-state index in [4.69, 9.17) is 14.2 Å². The number of hydrogen-bond donors (Lipinski definition) is 2. The molecule has 0 aromatic heterocycles. The first-order chi connectivity index (χ1) is 11.9. The zero-order valence-corrected chi connectivity index (χ0v) is 14.1. The molecule has 130 valence electrons. The van der Waals surface area contributed by atoms with Gasteiger partial charge in [-0.2, -0.15) is 0 Å². The lowest BCUT2D eigenvalue weighted by atomic mass is 9.75. The number of fused-ring (bicyclic) bond motifs is 6. The molecule has 3 aliphatic heterocycles. The van der Waals surface area contributed by atoms with Crippen molar-refractivity contribution in [3.8, 4) is 11.5 Å². The molecule has 1 aromatic rings. The van der Waals surface area contributed by atoms with Crippen molar-refractivity contribution >= 4 is 0 Å². The Labute approximate surface area is 145 Å². The standard InChI is InChI=1S/C20H20O5/c1-19(2)7-5-13-15(25-19)6-8-20(22)14-10-23-16-9-11(21)3-4-12(16)17(14)24-18(13)20/h3-9,14,17-18,21-22H,10H2,1-2H3/t14-,17+,18+,20-/m0/s1. The molecular weight excluding hydrogens is 320 g/mol. The second kappa shape index (κ2) is 4.68. The van der Waals surface area contributed by atoms with E-state index in [1.54, 1.807) is 24.3 Å². The van der Waals surface area contributed by atoms with E-state index in [2.05, 4.69) is 0 Å². The SMILES string of the molecule is CC1(C)C=CC2=C(C=C[C@@]3(O)[C@@H]2O[C@@H]2c4ccc(O)cc4OC[C@@H]23)O1. The Bertz CT molecular complexity index is 850. The minimum Gasteiger partial charge on any atom is -0.508 e. The Kier molecular flexibility index (Phi) is 2.82. The maximum Gasteiger partial charge on any atom is 0.128 e. The summed E-state index contributed by atoms with van der Waals surface area (Å²) in [6.45, 7) is 4.32. The van der Waals surface area contributed by atoms with Crippen LogP contribution in [0.25, 0.3) is 0 Å². The van der Waals surface area contributed by atoms with Crippen LogP contribution in [0.4, 0.5) is 0 Å². The third-order valence-corrected chi connectivity index (χ3v) is 5.49. The fourth-order valence-corrected chi connectivity index (χ4v) is 4.20. The van der Waals surface area contributed by atoms with E-state index in [-0.39, 0.29) is 23.4 Å². The van der Waals surface area contributed by atoms with E-state index in [1.165, 1.54) is 0 Å². The molecule has 1 aromatic carbocycles. The third-order valence-electron chi connectivity index (χ3n) is 5.49. The second-order valence-corrected chi connectivity index (χ2v) is 7.66. The van der Waals surface area contributed by atoms with Crippen molar-refractivity contribution in [3.63, 3.8) is 0 Å². The predicted molar refractivity (Wildman–Crippen MR) is 90.1 cm³/mol. The summed E-state index contributed by atoms with van der Waals surface area (Å²) in [6.07, 6.45) is 6.81. The van der Waals surface area contributed by atoms with Crippen LogP contribution in [-0.4, -0.2) is 34.1 Å². The maximum atomic E-state index is 11.4. The maximum absolute atomic E-state index is 11.4. The van der Waals surface area contributed by atoms with E-state index in [0.717, 1.165) is 16.9 Å². The Balaban J connectivity index is 1.57. The first-order valence-electron chi connectivity index (χ1n) is 8.53. The molecule has 2 N–H and O–H groups in total. The number of rotatable bonds is 0. The van der Waals surface area contributed by atoms with Gasteiger partial charge in [-0.15, -0.1) is 0 Å². The molecule has 4 aliphatic rings. The number of ether oxygens (including phenoxy) is 3. The molecule has 1 saturated heterocycles. The van der Waals surface area contributed by atoms with Gasteiger partial charge >= 0.3 is 0 Å². The highest BCUT2D eigenvalue weighted by molar-refractivity contribution is 5.49. The number of phenols is 1. The van der Waals surface area contributed by atoms with Crippen LogP contribution in [0.5, 0.6) is 11.5 Å². The first kappa shape index (κ1) is 15.0. The van der Waals surface area contributed by atoms with Crippen molar-refractivity contribution in [1.29, 1.82) is 0 Å². The summed E-state index contributed by atoms with van der Waals surface area (Å²) >= 11 is 0. The normalized spacial score (nSPS) is 36.7. The number of aromatic hydroxyl groups is 1. The lowest BCUT2D eigenvalue weighted by Gasteiger charge is -2.39. The van der Waals surface area contributed by atoms with Gasteiger partial charge in [-0.1, -0.05) is 6.08 Å². The molecule has 0 radical (unpaired) electrons. The number of aliphatic hydroxyl groups is 1. The van der Waals surface area contributed by atoms with Gasteiger partial charge in [0.1, 0.15) is 34.6 Å². The fourth-order valence-electron chi connectivity index (χ4n) is 4.20. The topological polar surface area (TPSA) is 68.2 Å². The summed E-state index contributed by atoms with van der Waals surface area (Å²) in [4.78, 5) is 0. The second-order valence-electron chi connectivity index (χ2n) is 7.66. The smallest absolute Gasteiger partial charge is 0.128 e. The van der Waals surface area contributed by atoms with E-state index in [0.29, 0.717) is 12.4 Å². The lowest BCUT2D eigenvalue weighted by molar-refractivity contribution is -0.0147. The Hall–Kier alpha value is -2.24. The van der Waals surface area contributed by atoms with E-state index >= 15 is 0 Å². The first-order valence-corrected chi connectivity index (χ1v) is 8.53. The molecular formula is C20H20O5. The van der Waals surface area contributed by atoms with Gasteiger partial charge < -0.3 is 24.4 Å². The van der Waals surface area contributed by atoms with Crippen LogP contribution < -0.4 is 4.74 Å². The monoisotopic (exact) mass is 340 g/mol. The van der Waals surface area contributed by atoms with Gasteiger partial charge in [0.25, 0.3) is 0 Å². The molecule has 0 spiro atoms. The summed E-state index contributed by atoms with van der Waals surface area (Å²) in [5.74, 6) is 1.29. The van der Waals surface area contributed by atoms with Gasteiger partial charge in [-0.25, -0.2) is 0 Å². The van der Waals surface area contributed by atoms with Crippen LogP contribution in [-0.2, 0) is 9.47 Å². The van der Waals surface area contributed by atoms with Crippen molar-refractivity contribution < 1.29 is 24.4 Å². The minimum atomic E-state index is -1.14. The van der Waals surface area contributed by atoms with Gasteiger partial charge in [0, 0.05) is 17.2 Å². The number of allylic oxidation sites excluding steroid dienone is 1. The predicted octanol–water partition coefficient (Wildman–Crippen LogP) is 2.76. The molecule has 0 bridgehead atoms. The number of benzene rings is 1. The Morgan fingerprint density at radius 2 is 2.00 bits per heavy atom. The van der Waals surface area contributed by atoms with Crippen molar-refractivity contribution in [3.05, 3.63) is 59.4 Å². The van der Waals surface area contributed by atoms with Gasteiger partial charge in [-0.05, 0) is 44.2 Å². The van der Waals surface area contributed by atoms with Crippen LogP contribution in [0.1, 0.15) is 25.5 Å². The average molecular weight is 340 g/mol. The number of hydrogen-bond acceptors (Lipinski definition) is 5. The van der Waals surface area contributed by atoms with Gasteiger partial charge in [0.05, 0.1) is 18.6 Å². The molecule has 25 heavy (non-hydrogen) atoms. The molecule has 4 atom stereocenters. The summed E-state index contributed by atoms with van der Waals surface area (Å²) < 4.78 is 18.1. The number of phenolic OH excluding ortho intramolecular Hbond substituents is 1. The van der Waals surface area contributed by atoms with Crippen LogP contribution in [0.15, 0.2) is 53.8 Å². The van der Waals surface area contributed by atoms with Crippen molar-refractivity contribution in [2.75, 3.05) is 6.61 Å². The highest BCUT2D eigenvalue weighted by atomic mass is 16.5. The molecule has 1 aliphatic carbocycles. The molecule has 0 saturated carbocycles. The van der Waals surface area contributed by atoms with E-state index in [1.807, 2.05) is 32.1 Å². The quantitative estimate of drug-likeness (QED) is 0.760.